The maximum absolute atomic E-state index is 12.5. The second kappa shape index (κ2) is 10.7. The van der Waals surface area contributed by atoms with Crippen LogP contribution >= 0.6 is 23.4 Å². The van der Waals surface area contributed by atoms with Crippen molar-refractivity contribution in [2.24, 2.45) is 0 Å². The summed E-state index contributed by atoms with van der Waals surface area (Å²) < 4.78 is 1.85. The first-order chi connectivity index (χ1) is 15.3. The monoisotopic (exact) mass is 471 g/mol. The van der Waals surface area contributed by atoms with Gasteiger partial charge in [-0.1, -0.05) is 35.5 Å². The molecule has 2 N–H and O–H groups in total. The summed E-state index contributed by atoms with van der Waals surface area (Å²) in [6.07, 6.45) is 0.0994. The molecule has 0 atom stereocenters. The molecule has 0 fully saturated rings. The Kier molecular flexibility index (Phi) is 7.93. The summed E-state index contributed by atoms with van der Waals surface area (Å²) in [6.45, 7) is 8.48. The third-order valence-electron chi connectivity index (χ3n) is 5.03. The standard InChI is InChI=1S/C23H26ClN5O2S/c1-5-29-20(12-21(30)25-18-9-7-14(2)16(4)10-18)27-28-23(29)32-13-22(31)26-19-11-17(24)8-6-15(19)3/h6-11H,5,12-13H2,1-4H3,(H,25,30)(H,26,31). The number of hydrogen-bond donors (Lipinski definition) is 2. The maximum atomic E-state index is 12.5. The minimum atomic E-state index is -0.167. The third kappa shape index (κ3) is 6.11. The third-order valence-corrected chi connectivity index (χ3v) is 6.23. The highest BCUT2D eigenvalue weighted by Gasteiger charge is 2.16. The van der Waals surface area contributed by atoms with E-state index in [1.54, 1.807) is 12.1 Å². The number of nitrogens with zero attached hydrogens (tertiary/aromatic N) is 3. The lowest BCUT2D eigenvalue weighted by Crippen LogP contribution is -2.18. The van der Waals surface area contributed by atoms with Crippen molar-refractivity contribution in [3.8, 4) is 0 Å². The Morgan fingerprint density at radius 3 is 2.44 bits per heavy atom. The van der Waals surface area contributed by atoms with E-state index in [1.165, 1.54) is 17.3 Å². The van der Waals surface area contributed by atoms with Gasteiger partial charge in [-0.15, -0.1) is 10.2 Å². The fourth-order valence-corrected chi connectivity index (χ4v) is 4.08. The van der Waals surface area contributed by atoms with E-state index >= 15 is 0 Å². The van der Waals surface area contributed by atoms with Crippen molar-refractivity contribution in [1.29, 1.82) is 0 Å². The van der Waals surface area contributed by atoms with Crippen LogP contribution in [0.3, 0.4) is 0 Å². The number of nitrogens with one attached hydrogen (secondary N) is 2. The van der Waals surface area contributed by atoms with Gasteiger partial charge < -0.3 is 15.2 Å². The second-order valence-corrected chi connectivity index (χ2v) is 8.84. The summed E-state index contributed by atoms with van der Waals surface area (Å²) in [4.78, 5) is 24.9. The van der Waals surface area contributed by atoms with Crippen LogP contribution < -0.4 is 10.6 Å². The number of aromatic nitrogens is 3. The van der Waals surface area contributed by atoms with Crippen molar-refractivity contribution in [1.82, 2.24) is 14.8 Å². The fraction of sp³-hybridized carbons (Fsp3) is 0.304. The Morgan fingerprint density at radius 1 is 0.969 bits per heavy atom. The van der Waals surface area contributed by atoms with Crippen molar-refractivity contribution >= 4 is 46.6 Å². The molecule has 0 saturated carbocycles. The zero-order valence-electron chi connectivity index (χ0n) is 18.5. The van der Waals surface area contributed by atoms with Crippen LogP contribution in [0.15, 0.2) is 41.6 Å². The van der Waals surface area contributed by atoms with E-state index < -0.39 is 0 Å². The smallest absolute Gasteiger partial charge is 0.234 e. The molecule has 2 amide bonds. The molecule has 0 radical (unpaired) electrons. The van der Waals surface area contributed by atoms with Crippen molar-refractivity contribution < 1.29 is 9.59 Å². The summed E-state index contributed by atoms with van der Waals surface area (Å²) in [6, 6.07) is 11.2. The molecule has 32 heavy (non-hydrogen) atoms. The number of amides is 2. The van der Waals surface area contributed by atoms with Crippen molar-refractivity contribution in [3.05, 3.63) is 63.9 Å². The minimum Gasteiger partial charge on any atom is -0.326 e. The molecule has 3 rings (SSSR count). The van der Waals surface area contributed by atoms with E-state index in [1.807, 2.05) is 56.5 Å². The number of anilines is 2. The molecule has 0 aliphatic carbocycles. The number of hydrogen-bond acceptors (Lipinski definition) is 5. The predicted molar refractivity (Wildman–Crippen MR) is 129 cm³/mol. The van der Waals surface area contributed by atoms with Gasteiger partial charge in [0.1, 0.15) is 5.82 Å². The van der Waals surface area contributed by atoms with Gasteiger partial charge in [0.15, 0.2) is 5.16 Å². The Hall–Kier alpha value is -2.84. The molecule has 0 spiro atoms. The minimum absolute atomic E-state index is 0.0994. The Balaban J connectivity index is 1.60. The van der Waals surface area contributed by atoms with Gasteiger partial charge >= 0.3 is 0 Å². The molecule has 1 aromatic heterocycles. The fourth-order valence-electron chi connectivity index (χ4n) is 3.09. The number of carbonyl (C=O) groups excluding carboxylic acids is 2. The zero-order chi connectivity index (χ0) is 23.3. The molecular formula is C23H26ClN5O2S. The van der Waals surface area contributed by atoms with E-state index in [9.17, 15) is 9.59 Å². The highest BCUT2D eigenvalue weighted by atomic mass is 35.5. The average Bonchev–Trinajstić information content (AvgIpc) is 3.13. The lowest BCUT2D eigenvalue weighted by atomic mass is 10.1. The molecule has 0 bridgehead atoms. The van der Waals surface area contributed by atoms with Crippen LogP contribution in [0.5, 0.6) is 0 Å². The molecular weight excluding hydrogens is 446 g/mol. The van der Waals surface area contributed by atoms with Crippen LogP contribution in [-0.4, -0.2) is 32.3 Å². The van der Waals surface area contributed by atoms with E-state index in [0.717, 1.165) is 16.8 Å². The summed E-state index contributed by atoms with van der Waals surface area (Å²) in [7, 11) is 0. The van der Waals surface area contributed by atoms with Crippen LogP contribution in [0.1, 0.15) is 29.4 Å². The molecule has 9 heteroatoms. The molecule has 0 aliphatic rings. The van der Waals surface area contributed by atoms with Gasteiger partial charge in [-0.2, -0.15) is 0 Å². The number of halogens is 1. The molecule has 0 aliphatic heterocycles. The number of thioether (sulfide) groups is 1. The van der Waals surface area contributed by atoms with Gasteiger partial charge in [0, 0.05) is 22.9 Å². The molecule has 168 valence electrons. The molecule has 2 aromatic carbocycles. The normalized spacial score (nSPS) is 10.8. The van der Waals surface area contributed by atoms with E-state index in [0.29, 0.717) is 28.2 Å². The van der Waals surface area contributed by atoms with Crippen molar-refractivity contribution in [2.75, 3.05) is 16.4 Å². The first-order valence-corrected chi connectivity index (χ1v) is 11.6. The second-order valence-electron chi connectivity index (χ2n) is 7.46. The van der Waals surface area contributed by atoms with Gasteiger partial charge in [-0.3, -0.25) is 9.59 Å². The lowest BCUT2D eigenvalue weighted by molar-refractivity contribution is -0.116. The van der Waals surface area contributed by atoms with Gasteiger partial charge in [-0.25, -0.2) is 0 Å². The van der Waals surface area contributed by atoms with Crippen LogP contribution in [-0.2, 0) is 22.6 Å². The van der Waals surface area contributed by atoms with Gasteiger partial charge in [0.2, 0.25) is 11.8 Å². The first-order valence-electron chi connectivity index (χ1n) is 10.2. The number of aryl methyl sites for hydroxylation is 3. The van der Waals surface area contributed by atoms with Gasteiger partial charge in [0.05, 0.1) is 12.2 Å². The van der Waals surface area contributed by atoms with E-state index in [-0.39, 0.29) is 24.0 Å². The highest BCUT2D eigenvalue weighted by Crippen LogP contribution is 2.22. The lowest BCUT2D eigenvalue weighted by Gasteiger charge is -2.10. The SMILES string of the molecule is CCn1c(CC(=O)Nc2ccc(C)c(C)c2)nnc1SCC(=O)Nc1cc(Cl)ccc1C. The first kappa shape index (κ1) is 23.8. The maximum Gasteiger partial charge on any atom is 0.234 e. The average molecular weight is 472 g/mol. The largest absolute Gasteiger partial charge is 0.326 e. The highest BCUT2D eigenvalue weighted by molar-refractivity contribution is 7.99. The molecule has 3 aromatic rings. The molecule has 0 unspecified atom stereocenters. The summed E-state index contributed by atoms with van der Waals surface area (Å²) >= 11 is 7.29. The predicted octanol–water partition coefficient (Wildman–Crippen LogP) is 4.79. The number of benzene rings is 2. The number of rotatable bonds is 8. The Morgan fingerprint density at radius 2 is 1.72 bits per heavy atom. The summed E-state index contributed by atoms with van der Waals surface area (Å²) in [5.41, 5.74) is 4.66. The summed E-state index contributed by atoms with van der Waals surface area (Å²) in [5.74, 6) is 0.391. The topological polar surface area (TPSA) is 88.9 Å². The molecule has 0 saturated heterocycles. The number of carbonyl (C=O) groups is 2. The zero-order valence-corrected chi connectivity index (χ0v) is 20.1. The van der Waals surface area contributed by atoms with Gasteiger partial charge in [0.25, 0.3) is 0 Å². The van der Waals surface area contributed by atoms with E-state index in [2.05, 4.69) is 20.8 Å². The summed E-state index contributed by atoms with van der Waals surface area (Å²) in [5, 5.41) is 15.3. The Bertz CT molecular complexity index is 1150. The van der Waals surface area contributed by atoms with E-state index in [4.69, 9.17) is 11.6 Å². The quantitative estimate of drug-likeness (QED) is 0.461. The van der Waals surface area contributed by atoms with Crippen LogP contribution in [0.25, 0.3) is 0 Å². The van der Waals surface area contributed by atoms with Crippen molar-refractivity contribution in [2.45, 2.75) is 45.8 Å². The Labute approximate surface area is 197 Å². The van der Waals surface area contributed by atoms with Crippen LogP contribution in [0, 0.1) is 20.8 Å². The van der Waals surface area contributed by atoms with Crippen LogP contribution in [0.2, 0.25) is 5.02 Å². The van der Waals surface area contributed by atoms with Crippen LogP contribution in [0.4, 0.5) is 11.4 Å². The molecule has 1 heterocycles. The van der Waals surface area contributed by atoms with Gasteiger partial charge in [-0.05, 0) is 68.7 Å². The van der Waals surface area contributed by atoms with Crippen molar-refractivity contribution in [3.63, 3.8) is 0 Å². The molecule has 7 nitrogen and oxygen atoms in total.